The maximum atomic E-state index is 12.3. The van der Waals surface area contributed by atoms with Gasteiger partial charge in [0.25, 0.3) is 5.91 Å². The molecule has 0 unspecified atom stereocenters. The second-order valence-electron chi connectivity index (χ2n) is 4.56. The van der Waals surface area contributed by atoms with Crippen molar-refractivity contribution in [3.63, 3.8) is 0 Å². The first kappa shape index (κ1) is 14.0. The Kier molecular flexibility index (Phi) is 3.66. The van der Waals surface area contributed by atoms with Crippen molar-refractivity contribution in [2.24, 2.45) is 7.05 Å². The Hall–Kier alpha value is -1.38. The molecular formula is C11H17N3O4S. The molecular weight excluding hydrogens is 270 g/mol. The Labute approximate surface area is 111 Å². The van der Waals surface area contributed by atoms with Gasteiger partial charge in [-0.25, -0.2) is 8.42 Å². The SMILES string of the molecule is CNC(=O)c1cc(S(=O)(=O)N2CC[C@@H](O)C2)cn1C. The highest BCUT2D eigenvalue weighted by molar-refractivity contribution is 7.89. The zero-order valence-electron chi connectivity index (χ0n) is 10.8. The summed E-state index contributed by atoms with van der Waals surface area (Å²) in [6.07, 6.45) is 1.23. The summed E-state index contributed by atoms with van der Waals surface area (Å²) in [6, 6.07) is 1.35. The molecule has 2 N–H and O–H groups in total. The van der Waals surface area contributed by atoms with Crippen LogP contribution in [0.25, 0.3) is 0 Å². The van der Waals surface area contributed by atoms with Gasteiger partial charge in [0.2, 0.25) is 10.0 Å². The van der Waals surface area contributed by atoms with Crippen LogP contribution in [0, 0.1) is 0 Å². The molecule has 2 rings (SSSR count). The van der Waals surface area contributed by atoms with E-state index >= 15 is 0 Å². The number of nitrogens with one attached hydrogen (secondary N) is 1. The number of aryl methyl sites for hydroxylation is 1. The van der Waals surface area contributed by atoms with E-state index in [0.29, 0.717) is 13.0 Å². The van der Waals surface area contributed by atoms with Crippen molar-refractivity contribution >= 4 is 15.9 Å². The molecule has 1 fully saturated rings. The minimum Gasteiger partial charge on any atom is -0.392 e. The molecule has 19 heavy (non-hydrogen) atoms. The summed E-state index contributed by atoms with van der Waals surface area (Å²) < 4.78 is 27.4. The van der Waals surface area contributed by atoms with Crippen LogP contribution in [0.5, 0.6) is 0 Å². The Morgan fingerprint density at radius 2 is 2.21 bits per heavy atom. The zero-order valence-corrected chi connectivity index (χ0v) is 11.6. The number of β-amino-alcohol motifs (C(OH)–C–C–N with tert-alkyl or cyclic N) is 1. The third-order valence-corrected chi connectivity index (χ3v) is 5.03. The summed E-state index contributed by atoms with van der Waals surface area (Å²) in [5.41, 5.74) is 0.279. The van der Waals surface area contributed by atoms with E-state index in [0.717, 1.165) is 0 Å². The monoisotopic (exact) mass is 287 g/mol. The number of carbonyl (C=O) groups is 1. The van der Waals surface area contributed by atoms with Crippen molar-refractivity contribution in [1.82, 2.24) is 14.2 Å². The molecule has 1 aromatic rings. The van der Waals surface area contributed by atoms with Gasteiger partial charge >= 0.3 is 0 Å². The number of sulfonamides is 1. The number of nitrogens with zero attached hydrogens (tertiary/aromatic N) is 2. The van der Waals surface area contributed by atoms with E-state index in [1.807, 2.05) is 0 Å². The average Bonchev–Trinajstić information content (AvgIpc) is 2.95. The van der Waals surface area contributed by atoms with Crippen molar-refractivity contribution < 1.29 is 18.3 Å². The molecule has 1 aliphatic heterocycles. The highest BCUT2D eigenvalue weighted by Gasteiger charge is 2.32. The fraction of sp³-hybridized carbons (Fsp3) is 0.545. The van der Waals surface area contributed by atoms with Crippen LogP contribution in [0.2, 0.25) is 0 Å². The van der Waals surface area contributed by atoms with E-state index in [1.54, 1.807) is 7.05 Å². The van der Waals surface area contributed by atoms with E-state index in [1.165, 1.54) is 28.2 Å². The number of hydrogen-bond acceptors (Lipinski definition) is 4. The van der Waals surface area contributed by atoms with Gasteiger partial charge in [-0.05, 0) is 12.5 Å². The Morgan fingerprint density at radius 1 is 1.53 bits per heavy atom. The molecule has 0 spiro atoms. The van der Waals surface area contributed by atoms with E-state index < -0.39 is 16.1 Å². The summed E-state index contributed by atoms with van der Waals surface area (Å²) >= 11 is 0. The lowest BCUT2D eigenvalue weighted by Gasteiger charge is -2.14. The van der Waals surface area contributed by atoms with Crippen molar-refractivity contribution in [2.45, 2.75) is 17.4 Å². The first-order chi connectivity index (χ1) is 8.86. The van der Waals surface area contributed by atoms with Gasteiger partial charge in [0.1, 0.15) is 10.6 Å². The van der Waals surface area contributed by atoms with Crippen LogP contribution in [0.3, 0.4) is 0 Å². The van der Waals surface area contributed by atoms with Crippen LogP contribution in [-0.4, -0.2) is 54.5 Å². The Bertz CT molecular complexity index is 593. The molecule has 1 aromatic heterocycles. The molecule has 0 radical (unpaired) electrons. The molecule has 0 bridgehead atoms. The Balaban J connectivity index is 2.34. The van der Waals surface area contributed by atoms with Crippen LogP contribution in [0.4, 0.5) is 0 Å². The summed E-state index contributed by atoms with van der Waals surface area (Å²) in [5.74, 6) is -0.342. The van der Waals surface area contributed by atoms with E-state index in [2.05, 4.69) is 5.32 Å². The van der Waals surface area contributed by atoms with E-state index in [-0.39, 0.29) is 23.0 Å². The van der Waals surface area contributed by atoms with Crippen LogP contribution >= 0.6 is 0 Å². The normalized spacial score (nSPS) is 20.7. The molecule has 1 saturated heterocycles. The highest BCUT2D eigenvalue weighted by atomic mass is 32.2. The molecule has 2 heterocycles. The molecule has 1 amide bonds. The highest BCUT2D eigenvalue weighted by Crippen LogP contribution is 2.22. The maximum Gasteiger partial charge on any atom is 0.267 e. The van der Waals surface area contributed by atoms with Gasteiger partial charge in [-0.3, -0.25) is 4.79 Å². The topological polar surface area (TPSA) is 91.6 Å². The standard InChI is InChI=1S/C11H17N3O4S/c1-12-11(16)10-5-9(7-13(10)2)19(17,18)14-4-3-8(15)6-14/h5,7-8,15H,3-4,6H2,1-2H3,(H,12,16)/t8-/m1/s1. The molecule has 0 aliphatic carbocycles. The van der Waals surface area contributed by atoms with Gasteiger partial charge in [-0.15, -0.1) is 0 Å². The second kappa shape index (κ2) is 4.95. The lowest BCUT2D eigenvalue weighted by atomic mass is 10.3. The van der Waals surface area contributed by atoms with Gasteiger partial charge in [-0.2, -0.15) is 4.31 Å². The summed E-state index contributed by atoms with van der Waals surface area (Å²) in [5, 5.41) is 11.9. The third-order valence-electron chi connectivity index (χ3n) is 3.20. The number of carbonyl (C=O) groups excluding carboxylic acids is 1. The van der Waals surface area contributed by atoms with E-state index in [9.17, 15) is 18.3 Å². The minimum absolute atomic E-state index is 0.0719. The van der Waals surface area contributed by atoms with Gasteiger partial charge in [0.15, 0.2) is 0 Å². The number of aromatic nitrogens is 1. The molecule has 1 aliphatic rings. The summed E-state index contributed by atoms with van der Waals surface area (Å²) in [7, 11) is -0.543. The van der Waals surface area contributed by atoms with Gasteiger partial charge in [-0.1, -0.05) is 0 Å². The number of hydrogen-bond donors (Lipinski definition) is 2. The third kappa shape index (κ3) is 2.51. The van der Waals surface area contributed by atoms with Crippen molar-refractivity contribution in [3.05, 3.63) is 18.0 Å². The molecule has 1 atom stereocenters. The zero-order chi connectivity index (χ0) is 14.2. The maximum absolute atomic E-state index is 12.3. The average molecular weight is 287 g/mol. The smallest absolute Gasteiger partial charge is 0.267 e. The van der Waals surface area contributed by atoms with Crippen LogP contribution < -0.4 is 5.32 Å². The largest absolute Gasteiger partial charge is 0.392 e. The lowest BCUT2D eigenvalue weighted by Crippen LogP contribution is -2.29. The number of amides is 1. The number of rotatable bonds is 3. The molecule has 0 aromatic carbocycles. The summed E-state index contributed by atoms with van der Waals surface area (Å²) in [4.78, 5) is 11.6. The van der Waals surface area contributed by atoms with Gasteiger partial charge in [0, 0.05) is 33.4 Å². The van der Waals surface area contributed by atoms with Gasteiger partial charge in [0.05, 0.1) is 6.10 Å². The van der Waals surface area contributed by atoms with Crippen molar-refractivity contribution in [1.29, 1.82) is 0 Å². The Morgan fingerprint density at radius 3 is 2.74 bits per heavy atom. The fourth-order valence-electron chi connectivity index (χ4n) is 2.11. The van der Waals surface area contributed by atoms with Crippen molar-refractivity contribution in [3.8, 4) is 0 Å². The van der Waals surface area contributed by atoms with Gasteiger partial charge < -0.3 is 15.0 Å². The fourth-order valence-corrected chi connectivity index (χ4v) is 3.67. The molecule has 106 valence electrons. The molecule has 8 heteroatoms. The molecule has 7 nitrogen and oxygen atoms in total. The minimum atomic E-state index is -3.64. The number of aliphatic hydroxyl groups excluding tert-OH is 1. The number of aliphatic hydroxyl groups is 1. The first-order valence-electron chi connectivity index (χ1n) is 5.93. The second-order valence-corrected chi connectivity index (χ2v) is 6.49. The molecule has 0 saturated carbocycles. The predicted octanol–water partition coefficient (Wildman–Crippen LogP) is -0.860. The van der Waals surface area contributed by atoms with Crippen molar-refractivity contribution in [2.75, 3.05) is 20.1 Å². The lowest BCUT2D eigenvalue weighted by molar-refractivity contribution is 0.0955. The van der Waals surface area contributed by atoms with Crippen LogP contribution in [0.15, 0.2) is 17.2 Å². The predicted molar refractivity (Wildman–Crippen MR) is 68.2 cm³/mol. The first-order valence-corrected chi connectivity index (χ1v) is 7.37. The van der Waals surface area contributed by atoms with E-state index in [4.69, 9.17) is 0 Å². The van der Waals surface area contributed by atoms with Crippen LogP contribution in [-0.2, 0) is 17.1 Å². The summed E-state index contributed by atoms with van der Waals surface area (Å²) in [6.45, 7) is 0.403. The van der Waals surface area contributed by atoms with Crippen LogP contribution in [0.1, 0.15) is 16.9 Å². The quantitative estimate of drug-likeness (QED) is 0.757.